The maximum atomic E-state index is 9.50. The van der Waals surface area contributed by atoms with Gasteiger partial charge >= 0.3 is 0 Å². The normalized spacial score (nSPS) is 16.5. The van der Waals surface area contributed by atoms with E-state index in [0.29, 0.717) is 0 Å². The molecular formula is C28H32N6O. The summed E-state index contributed by atoms with van der Waals surface area (Å²) in [6.07, 6.45) is 5.30. The minimum absolute atomic E-state index is 0.0549. The van der Waals surface area contributed by atoms with Crippen molar-refractivity contribution in [1.29, 1.82) is 0 Å². The fourth-order valence-corrected chi connectivity index (χ4v) is 4.91. The number of rotatable bonds is 7. The Morgan fingerprint density at radius 3 is 2.43 bits per heavy atom. The molecule has 0 spiro atoms. The van der Waals surface area contributed by atoms with Crippen molar-refractivity contribution >= 4 is 5.82 Å². The van der Waals surface area contributed by atoms with Crippen molar-refractivity contribution in [3.63, 3.8) is 0 Å². The molecule has 0 bridgehead atoms. The van der Waals surface area contributed by atoms with Gasteiger partial charge in [-0.2, -0.15) is 5.10 Å². The molecule has 1 atom stereocenters. The monoisotopic (exact) mass is 468 g/mol. The Morgan fingerprint density at radius 2 is 1.71 bits per heavy atom. The predicted molar refractivity (Wildman–Crippen MR) is 137 cm³/mol. The number of hydrogen-bond acceptors (Lipinski definition) is 6. The molecule has 0 saturated carbocycles. The van der Waals surface area contributed by atoms with Crippen LogP contribution >= 0.6 is 0 Å². The summed E-state index contributed by atoms with van der Waals surface area (Å²) in [6, 6.07) is 19.0. The van der Waals surface area contributed by atoms with Crippen LogP contribution in [0.1, 0.15) is 39.7 Å². The van der Waals surface area contributed by atoms with Gasteiger partial charge in [0.05, 0.1) is 31.1 Å². The highest BCUT2D eigenvalue weighted by atomic mass is 16.3. The number of benzene rings is 2. The smallest absolute Gasteiger partial charge is 0.147 e. The van der Waals surface area contributed by atoms with E-state index >= 15 is 0 Å². The Morgan fingerprint density at radius 1 is 0.914 bits per heavy atom. The van der Waals surface area contributed by atoms with Gasteiger partial charge in [-0.25, -0.2) is 4.98 Å². The molecule has 0 aliphatic carbocycles. The van der Waals surface area contributed by atoms with Crippen molar-refractivity contribution in [2.75, 3.05) is 24.5 Å². The molecule has 1 N–H and O–H groups in total. The Bertz CT molecular complexity index is 1240. The van der Waals surface area contributed by atoms with Crippen LogP contribution in [0.5, 0.6) is 0 Å². The van der Waals surface area contributed by atoms with Gasteiger partial charge in [-0.15, -0.1) is 0 Å². The molecule has 2 aromatic heterocycles. The third-order valence-corrected chi connectivity index (χ3v) is 6.98. The van der Waals surface area contributed by atoms with Gasteiger partial charge in [-0.05, 0) is 30.5 Å². The zero-order valence-corrected chi connectivity index (χ0v) is 20.4. The van der Waals surface area contributed by atoms with E-state index in [1.807, 2.05) is 24.4 Å². The third kappa shape index (κ3) is 5.11. The summed E-state index contributed by atoms with van der Waals surface area (Å²) >= 11 is 0. The standard InChI is InChI=1S/C28H32N6O/c1-21-26(22(2)34(31-21)17-23-6-4-3-5-7-23)18-32-14-15-33(28-16-29-12-13-30-28)19-27(32)25-10-8-24(20-35)9-11-25/h3-13,16,27,35H,14-15,17-20H2,1-2H3. The van der Waals surface area contributed by atoms with Gasteiger partial charge in [0, 0.05) is 49.8 Å². The van der Waals surface area contributed by atoms with Gasteiger partial charge in [0.2, 0.25) is 0 Å². The van der Waals surface area contributed by atoms with E-state index in [-0.39, 0.29) is 12.6 Å². The molecule has 7 heteroatoms. The molecule has 7 nitrogen and oxygen atoms in total. The molecule has 35 heavy (non-hydrogen) atoms. The van der Waals surface area contributed by atoms with E-state index in [0.717, 1.165) is 49.8 Å². The molecule has 2 aromatic carbocycles. The molecule has 1 saturated heterocycles. The van der Waals surface area contributed by atoms with Crippen LogP contribution < -0.4 is 4.90 Å². The lowest BCUT2D eigenvalue weighted by Gasteiger charge is -2.42. The quantitative estimate of drug-likeness (QED) is 0.444. The lowest BCUT2D eigenvalue weighted by Crippen LogP contribution is -2.48. The minimum atomic E-state index is 0.0549. The average molecular weight is 469 g/mol. The molecule has 0 radical (unpaired) electrons. The largest absolute Gasteiger partial charge is 0.392 e. The van der Waals surface area contributed by atoms with Gasteiger partial charge in [0.15, 0.2) is 0 Å². The highest BCUT2D eigenvalue weighted by Gasteiger charge is 2.30. The zero-order chi connectivity index (χ0) is 24.2. The number of aliphatic hydroxyl groups is 1. The summed E-state index contributed by atoms with van der Waals surface area (Å²) in [7, 11) is 0. The zero-order valence-electron chi connectivity index (χ0n) is 20.4. The molecule has 1 aliphatic rings. The molecule has 4 aromatic rings. The van der Waals surface area contributed by atoms with Gasteiger partial charge in [-0.1, -0.05) is 54.6 Å². The van der Waals surface area contributed by atoms with Crippen molar-refractivity contribution in [3.8, 4) is 0 Å². The number of hydrogen-bond donors (Lipinski definition) is 1. The SMILES string of the molecule is Cc1nn(Cc2ccccc2)c(C)c1CN1CCN(c2cnccn2)CC1c1ccc(CO)cc1. The number of aliphatic hydroxyl groups excluding tert-OH is 1. The number of nitrogens with zero attached hydrogens (tertiary/aromatic N) is 6. The first kappa shape index (κ1) is 23.2. The molecule has 0 amide bonds. The van der Waals surface area contributed by atoms with Gasteiger partial charge in [0.1, 0.15) is 5.82 Å². The van der Waals surface area contributed by atoms with E-state index in [4.69, 9.17) is 5.10 Å². The Labute approximate surface area is 206 Å². The van der Waals surface area contributed by atoms with E-state index in [9.17, 15) is 5.11 Å². The van der Waals surface area contributed by atoms with Gasteiger partial charge < -0.3 is 10.0 Å². The van der Waals surface area contributed by atoms with Crippen molar-refractivity contribution < 1.29 is 5.11 Å². The lowest BCUT2D eigenvalue weighted by molar-refractivity contribution is 0.168. The second-order valence-corrected chi connectivity index (χ2v) is 9.19. The summed E-state index contributed by atoms with van der Waals surface area (Å²) in [6.45, 7) is 8.59. The number of aryl methyl sites for hydroxylation is 1. The van der Waals surface area contributed by atoms with E-state index < -0.39 is 0 Å². The van der Waals surface area contributed by atoms with Crippen LogP contribution in [-0.4, -0.2) is 49.4 Å². The summed E-state index contributed by atoms with van der Waals surface area (Å²) in [5, 5.41) is 14.4. The molecule has 180 valence electrons. The van der Waals surface area contributed by atoms with E-state index in [2.05, 4.69) is 74.7 Å². The topological polar surface area (TPSA) is 70.3 Å². The van der Waals surface area contributed by atoms with Crippen LogP contribution in [-0.2, 0) is 19.7 Å². The fraction of sp³-hybridized carbons (Fsp3) is 0.321. The maximum absolute atomic E-state index is 9.50. The van der Waals surface area contributed by atoms with Crippen LogP contribution in [0.3, 0.4) is 0 Å². The lowest BCUT2D eigenvalue weighted by atomic mass is 9.99. The Hall–Kier alpha value is -3.55. The van der Waals surface area contributed by atoms with Crippen molar-refractivity contribution in [1.82, 2.24) is 24.6 Å². The van der Waals surface area contributed by atoms with Crippen molar-refractivity contribution in [2.45, 2.75) is 39.6 Å². The Kier molecular flexibility index (Phi) is 6.88. The Balaban J connectivity index is 1.41. The first-order valence-corrected chi connectivity index (χ1v) is 12.1. The molecule has 1 fully saturated rings. The molecular weight excluding hydrogens is 436 g/mol. The predicted octanol–water partition coefficient (Wildman–Crippen LogP) is 3.89. The number of anilines is 1. The first-order valence-electron chi connectivity index (χ1n) is 12.1. The van der Waals surface area contributed by atoms with Crippen LogP contribution in [0.2, 0.25) is 0 Å². The van der Waals surface area contributed by atoms with Crippen LogP contribution in [0, 0.1) is 13.8 Å². The minimum Gasteiger partial charge on any atom is -0.392 e. The van der Waals surface area contributed by atoms with E-state index in [1.165, 1.54) is 22.4 Å². The number of piperazine rings is 1. The third-order valence-electron chi connectivity index (χ3n) is 6.98. The van der Waals surface area contributed by atoms with Crippen molar-refractivity contribution in [3.05, 3.63) is 107 Å². The highest BCUT2D eigenvalue weighted by molar-refractivity contribution is 5.38. The summed E-state index contributed by atoms with van der Waals surface area (Å²) in [5.74, 6) is 0.909. The second-order valence-electron chi connectivity index (χ2n) is 9.19. The van der Waals surface area contributed by atoms with Gasteiger partial charge in [-0.3, -0.25) is 14.6 Å². The second kappa shape index (κ2) is 10.4. The molecule has 1 aliphatic heterocycles. The summed E-state index contributed by atoms with van der Waals surface area (Å²) in [5.41, 5.74) is 7.02. The van der Waals surface area contributed by atoms with Crippen LogP contribution in [0.15, 0.2) is 73.2 Å². The van der Waals surface area contributed by atoms with Crippen LogP contribution in [0.25, 0.3) is 0 Å². The average Bonchev–Trinajstić information content (AvgIpc) is 3.17. The maximum Gasteiger partial charge on any atom is 0.147 e. The highest BCUT2D eigenvalue weighted by Crippen LogP contribution is 2.30. The first-order chi connectivity index (χ1) is 17.1. The van der Waals surface area contributed by atoms with E-state index in [1.54, 1.807) is 12.4 Å². The molecule has 5 rings (SSSR count). The molecule has 1 unspecified atom stereocenters. The van der Waals surface area contributed by atoms with Crippen LogP contribution in [0.4, 0.5) is 5.82 Å². The van der Waals surface area contributed by atoms with Crippen molar-refractivity contribution in [2.24, 2.45) is 0 Å². The fourth-order valence-electron chi connectivity index (χ4n) is 4.91. The summed E-state index contributed by atoms with van der Waals surface area (Å²) < 4.78 is 2.13. The summed E-state index contributed by atoms with van der Waals surface area (Å²) in [4.78, 5) is 13.7. The number of aromatic nitrogens is 4. The van der Waals surface area contributed by atoms with Gasteiger partial charge in [0.25, 0.3) is 0 Å². The molecule has 3 heterocycles.